The standard InChI is InChI=1S/C5H7NO2/c6-5(8)4-1-3(4)2-7/h2-4H,1H2,(H2,6,8)/t3-,4-/m0/s1. The molecule has 1 saturated carbocycles. The van der Waals surface area contributed by atoms with Gasteiger partial charge in [0.2, 0.25) is 5.91 Å². The first-order valence-corrected chi connectivity index (χ1v) is 2.50. The molecule has 0 aromatic carbocycles. The molecular weight excluding hydrogens is 106 g/mol. The van der Waals surface area contributed by atoms with Crippen molar-refractivity contribution in [2.45, 2.75) is 6.42 Å². The zero-order chi connectivity index (χ0) is 6.15. The van der Waals surface area contributed by atoms with Gasteiger partial charge in [0.25, 0.3) is 0 Å². The van der Waals surface area contributed by atoms with Crippen LogP contribution in [0.1, 0.15) is 6.42 Å². The maximum absolute atomic E-state index is 10.2. The Kier molecular flexibility index (Phi) is 1.04. The van der Waals surface area contributed by atoms with Crippen LogP contribution < -0.4 is 5.73 Å². The van der Waals surface area contributed by atoms with Crippen LogP contribution in [0.25, 0.3) is 0 Å². The number of nitrogens with two attached hydrogens (primary N) is 1. The minimum atomic E-state index is -0.345. The molecule has 2 N–H and O–H groups in total. The van der Waals surface area contributed by atoms with Gasteiger partial charge in [0.15, 0.2) is 0 Å². The third kappa shape index (κ3) is 0.710. The number of aldehydes is 1. The van der Waals surface area contributed by atoms with Crippen molar-refractivity contribution in [3.05, 3.63) is 0 Å². The molecule has 3 heteroatoms. The van der Waals surface area contributed by atoms with Crippen molar-refractivity contribution in [1.29, 1.82) is 0 Å². The number of carbonyl (C=O) groups excluding carboxylic acids is 2. The first-order chi connectivity index (χ1) is 3.75. The Balaban J connectivity index is 2.36. The average molecular weight is 113 g/mol. The van der Waals surface area contributed by atoms with Crippen LogP contribution >= 0.6 is 0 Å². The summed E-state index contributed by atoms with van der Waals surface area (Å²) in [6, 6.07) is 0. The predicted octanol–water partition coefficient (Wildman–Crippen LogP) is -0.693. The van der Waals surface area contributed by atoms with E-state index in [4.69, 9.17) is 5.73 Å². The fourth-order valence-electron chi connectivity index (χ4n) is 0.692. The summed E-state index contributed by atoms with van der Waals surface area (Å²) in [5.74, 6) is -0.554. The van der Waals surface area contributed by atoms with Crippen LogP contribution in [0.2, 0.25) is 0 Å². The Morgan fingerprint density at radius 1 is 1.75 bits per heavy atom. The second kappa shape index (κ2) is 1.58. The van der Waals surface area contributed by atoms with Gasteiger partial charge in [-0.15, -0.1) is 0 Å². The normalized spacial score (nSPS) is 34.0. The summed E-state index contributed by atoms with van der Waals surface area (Å²) in [5, 5.41) is 0. The van der Waals surface area contributed by atoms with Crippen molar-refractivity contribution in [3.8, 4) is 0 Å². The van der Waals surface area contributed by atoms with Crippen molar-refractivity contribution < 1.29 is 9.59 Å². The van der Waals surface area contributed by atoms with Gasteiger partial charge in [0.1, 0.15) is 6.29 Å². The summed E-state index contributed by atoms with van der Waals surface area (Å²) in [6.07, 6.45) is 1.45. The maximum Gasteiger partial charge on any atom is 0.221 e. The Labute approximate surface area is 46.9 Å². The minimum absolute atomic E-state index is 0.0625. The van der Waals surface area contributed by atoms with Crippen molar-refractivity contribution in [2.75, 3.05) is 0 Å². The molecule has 0 aliphatic heterocycles. The zero-order valence-electron chi connectivity index (χ0n) is 4.33. The van der Waals surface area contributed by atoms with Gasteiger partial charge in [-0.25, -0.2) is 0 Å². The molecule has 8 heavy (non-hydrogen) atoms. The van der Waals surface area contributed by atoms with Gasteiger partial charge < -0.3 is 10.5 Å². The monoisotopic (exact) mass is 113 g/mol. The van der Waals surface area contributed by atoms with Crippen LogP contribution in [0.15, 0.2) is 0 Å². The lowest BCUT2D eigenvalue weighted by atomic mass is 10.3. The van der Waals surface area contributed by atoms with Crippen molar-refractivity contribution in [1.82, 2.24) is 0 Å². The van der Waals surface area contributed by atoms with E-state index in [1.807, 2.05) is 0 Å². The highest BCUT2D eigenvalue weighted by Gasteiger charge is 2.41. The largest absolute Gasteiger partial charge is 0.369 e. The molecule has 1 fully saturated rings. The second-order valence-electron chi connectivity index (χ2n) is 2.04. The highest BCUT2D eigenvalue weighted by atomic mass is 16.1. The minimum Gasteiger partial charge on any atom is -0.369 e. The van der Waals surface area contributed by atoms with Crippen molar-refractivity contribution in [2.24, 2.45) is 17.6 Å². The van der Waals surface area contributed by atoms with E-state index < -0.39 is 0 Å². The molecule has 0 spiro atoms. The van der Waals surface area contributed by atoms with Gasteiger partial charge in [-0.2, -0.15) is 0 Å². The summed E-state index contributed by atoms with van der Waals surface area (Å²) >= 11 is 0. The number of primary amides is 1. The first kappa shape index (κ1) is 5.28. The van der Waals surface area contributed by atoms with Gasteiger partial charge in [-0.05, 0) is 6.42 Å². The first-order valence-electron chi connectivity index (χ1n) is 2.50. The molecule has 3 nitrogen and oxygen atoms in total. The number of carbonyl (C=O) groups is 2. The van der Waals surface area contributed by atoms with Gasteiger partial charge in [0, 0.05) is 11.8 Å². The molecule has 1 rings (SSSR count). The zero-order valence-corrected chi connectivity index (χ0v) is 4.33. The highest BCUT2D eigenvalue weighted by Crippen LogP contribution is 2.35. The van der Waals surface area contributed by atoms with Crippen LogP contribution in [0, 0.1) is 11.8 Å². The van der Waals surface area contributed by atoms with Crippen LogP contribution in [0.4, 0.5) is 0 Å². The van der Waals surface area contributed by atoms with Gasteiger partial charge in [-0.1, -0.05) is 0 Å². The number of amides is 1. The van der Waals surface area contributed by atoms with Gasteiger partial charge >= 0.3 is 0 Å². The van der Waals surface area contributed by atoms with E-state index in [-0.39, 0.29) is 17.7 Å². The van der Waals surface area contributed by atoms with Crippen molar-refractivity contribution in [3.63, 3.8) is 0 Å². The second-order valence-corrected chi connectivity index (χ2v) is 2.04. The average Bonchev–Trinajstić information content (AvgIpc) is 2.42. The summed E-state index contributed by atoms with van der Waals surface area (Å²) in [7, 11) is 0. The number of rotatable bonds is 2. The molecule has 2 atom stereocenters. The summed E-state index contributed by atoms with van der Waals surface area (Å²) in [6.45, 7) is 0. The predicted molar refractivity (Wildman–Crippen MR) is 26.9 cm³/mol. The van der Waals surface area contributed by atoms with Gasteiger partial charge in [0.05, 0.1) is 0 Å². The quantitative estimate of drug-likeness (QED) is 0.481. The molecule has 44 valence electrons. The Hall–Kier alpha value is -0.860. The summed E-state index contributed by atoms with van der Waals surface area (Å²) in [4.78, 5) is 20.1. The Morgan fingerprint density at radius 3 is 2.50 bits per heavy atom. The van der Waals surface area contributed by atoms with E-state index in [9.17, 15) is 9.59 Å². The molecule has 1 amide bonds. The third-order valence-corrected chi connectivity index (χ3v) is 1.38. The van der Waals surface area contributed by atoms with Crippen LogP contribution in [0.5, 0.6) is 0 Å². The third-order valence-electron chi connectivity index (χ3n) is 1.38. The fourth-order valence-corrected chi connectivity index (χ4v) is 0.692. The smallest absolute Gasteiger partial charge is 0.221 e. The van der Waals surface area contributed by atoms with E-state index in [0.717, 1.165) is 6.29 Å². The van der Waals surface area contributed by atoms with E-state index in [1.165, 1.54) is 0 Å². The SMILES string of the molecule is NC(=O)[C@H]1C[C@H]1C=O. The Bertz CT molecular complexity index is 132. The molecule has 1 aliphatic rings. The molecule has 0 saturated heterocycles. The molecule has 1 aliphatic carbocycles. The lowest BCUT2D eigenvalue weighted by Crippen LogP contribution is -2.14. The summed E-state index contributed by atoms with van der Waals surface area (Å²) in [5.41, 5.74) is 4.87. The molecule has 0 bridgehead atoms. The molecule has 0 aromatic rings. The van der Waals surface area contributed by atoms with Crippen LogP contribution in [-0.2, 0) is 9.59 Å². The highest BCUT2D eigenvalue weighted by molar-refractivity contribution is 5.84. The topological polar surface area (TPSA) is 60.2 Å². The van der Waals surface area contributed by atoms with Crippen molar-refractivity contribution >= 4 is 12.2 Å². The maximum atomic E-state index is 10.2. The van der Waals surface area contributed by atoms with Crippen LogP contribution in [0.3, 0.4) is 0 Å². The lowest BCUT2D eigenvalue weighted by Gasteiger charge is -1.81. The van der Waals surface area contributed by atoms with E-state index in [1.54, 1.807) is 0 Å². The molecule has 0 aromatic heterocycles. The molecule has 0 heterocycles. The van der Waals surface area contributed by atoms with E-state index >= 15 is 0 Å². The molecule has 0 radical (unpaired) electrons. The fraction of sp³-hybridized carbons (Fsp3) is 0.600. The summed E-state index contributed by atoms with van der Waals surface area (Å²) < 4.78 is 0. The molecular formula is C5H7NO2. The van der Waals surface area contributed by atoms with Gasteiger partial charge in [-0.3, -0.25) is 4.79 Å². The number of hydrogen-bond donors (Lipinski definition) is 1. The number of hydrogen-bond acceptors (Lipinski definition) is 2. The van der Waals surface area contributed by atoms with E-state index in [2.05, 4.69) is 0 Å². The van der Waals surface area contributed by atoms with E-state index in [0.29, 0.717) is 6.42 Å². The van der Waals surface area contributed by atoms with Crippen LogP contribution in [-0.4, -0.2) is 12.2 Å². The Morgan fingerprint density at radius 2 is 2.38 bits per heavy atom. The molecule has 0 unspecified atom stereocenters. The lowest BCUT2D eigenvalue weighted by molar-refractivity contribution is -0.120.